The fraction of sp³-hybridized carbons (Fsp3) is 0.417. The van der Waals surface area contributed by atoms with Gasteiger partial charge in [0.1, 0.15) is 0 Å². The van der Waals surface area contributed by atoms with E-state index in [1.807, 2.05) is 25.1 Å². The first kappa shape index (κ1) is 13.4. The summed E-state index contributed by atoms with van der Waals surface area (Å²) in [6, 6.07) is 7.37. The molecule has 1 unspecified atom stereocenters. The van der Waals surface area contributed by atoms with Crippen molar-refractivity contribution in [2.45, 2.75) is 25.9 Å². The topological polar surface area (TPSA) is 49.3 Å². The molecular formula is C12H16INO2. The molecule has 1 aromatic rings. The van der Waals surface area contributed by atoms with Crippen LogP contribution in [-0.4, -0.2) is 23.7 Å². The standard InChI is InChI=1S/C12H16INO2/c1-2-4-11(15)8-14-12(16)9-5-3-6-10(13)7-9/h3,5-7,11,15H,2,4,8H2,1H3,(H,14,16). The Balaban J connectivity index is 2.47. The number of aliphatic hydroxyl groups is 1. The summed E-state index contributed by atoms with van der Waals surface area (Å²) in [5.41, 5.74) is 0.635. The zero-order valence-corrected chi connectivity index (χ0v) is 11.4. The molecule has 0 saturated carbocycles. The van der Waals surface area contributed by atoms with E-state index in [1.54, 1.807) is 6.07 Å². The molecule has 0 aliphatic carbocycles. The quantitative estimate of drug-likeness (QED) is 0.812. The van der Waals surface area contributed by atoms with Crippen LogP contribution in [0.1, 0.15) is 30.1 Å². The first-order chi connectivity index (χ1) is 7.63. The van der Waals surface area contributed by atoms with Crippen LogP contribution < -0.4 is 5.32 Å². The average Bonchev–Trinajstić information content (AvgIpc) is 2.26. The largest absolute Gasteiger partial charge is 0.391 e. The molecule has 1 aromatic carbocycles. The Morgan fingerprint density at radius 3 is 2.94 bits per heavy atom. The Labute approximate surface area is 109 Å². The lowest BCUT2D eigenvalue weighted by Crippen LogP contribution is -2.32. The van der Waals surface area contributed by atoms with Gasteiger partial charge in [0.2, 0.25) is 0 Å². The van der Waals surface area contributed by atoms with Gasteiger partial charge in [-0.3, -0.25) is 4.79 Å². The van der Waals surface area contributed by atoms with Crippen molar-refractivity contribution in [3.63, 3.8) is 0 Å². The first-order valence-electron chi connectivity index (χ1n) is 5.35. The van der Waals surface area contributed by atoms with E-state index in [4.69, 9.17) is 0 Å². The van der Waals surface area contributed by atoms with Crippen molar-refractivity contribution in [3.05, 3.63) is 33.4 Å². The number of aliphatic hydroxyl groups excluding tert-OH is 1. The van der Waals surface area contributed by atoms with Crippen molar-refractivity contribution < 1.29 is 9.90 Å². The summed E-state index contributed by atoms with van der Waals surface area (Å²) in [6.07, 6.45) is 1.18. The van der Waals surface area contributed by atoms with Crippen molar-refractivity contribution >= 4 is 28.5 Å². The van der Waals surface area contributed by atoms with Gasteiger partial charge in [0.15, 0.2) is 0 Å². The molecule has 4 heteroatoms. The van der Waals surface area contributed by atoms with Crippen LogP contribution in [0.2, 0.25) is 0 Å². The predicted molar refractivity (Wildman–Crippen MR) is 72.4 cm³/mol. The molecule has 0 aromatic heterocycles. The average molecular weight is 333 g/mol. The Morgan fingerprint density at radius 2 is 2.31 bits per heavy atom. The van der Waals surface area contributed by atoms with Crippen molar-refractivity contribution in [1.29, 1.82) is 0 Å². The van der Waals surface area contributed by atoms with Crippen molar-refractivity contribution in [1.82, 2.24) is 5.32 Å². The fourth-order valence-electron chi connectivity index (χ4n) is 1.38. The highest BCUT2D eigenvalue weighted by molar-refractivity contribution is 14.1. The van der Waals surface area contributed by atoms with Gasteiger partial charge >= 0.3 is 0 Å². The third-order valence-electron chi connectivity index (χ3n) is 2.21. The number of hydrogen-bond acceptors (Lipinski definition) is 2. The van der Waals surface area contributed by atoms with Crippen molar-refractivity contribution in [2.24, 2.45) is 0 Å². The first-order valence-corrected chi connectivity index (χ1v) is 6.43. The van der Waals surface area contributed by atoms with Crippen LogP contribution in [0, 0.1) is 3.57 Å². The molecule has 1 amide bonds. The number of halogens is 1. The minimum Gasteiger partial charge on any atom is -0.391 e. The van der Waals surface area contributed by atoms with E-state index >= 15 is 0 Å². The highest BCUT2D eigenvalue weighted by Crippen LogP contribution is 2.07. The van der Waals surface area contributed by atoms with E-state index in [-0.39, 0.29) is 5.91 Å². The fourth-order valence-corrected chi connectivity index (χ4v) is 1.92. The van der Waals surface area contributed by atoms with Gasteiger partial charge in [-0.2, -0.15) is 0 Å². The molecule has 3 nitrogen and oxygen atoms in total. The summed E-state index contributed by atoms with van der Waals surface area (Å²) in [7, 11) is 0. The maximum atomic E-state index is 11.7. The van der Waals surface area contributed by atoms with Crippen LogP contribution >= 0.6 is 22.6 Å². The second-order valence-electron chi connectivity index (χ2n) is 3.66. The van der Waals surface area contributed by atoms with Gasteiger partial charge in [-0.15, -0.1) is 0 Å². The van der Waals surface area contributed by atoms with Gasteiger partial charge in [-0.25, -0.2) is 0 Å². The molecule has 2 N–H and O–H groups in total. The van der Waals surface area contributed by atoms with Crippen LogP contribution in [0.3, 0.4) is 0 Å². The van der Waals surface area contributed by atoms with Crippen molar-refractivity contribution in [3.8, 4) is 0 Å². The minimum absolute atomic E-state index is 0.131. The second kappa shape index (κ2) is 6.85. The van der Waals surface area contributed by atoms with E-state index in [9.17, 15) is 9.90 Å². The number of hydrogen-bond donors (Lipinski definition) is 2. The van der Waals surface area contributed by atoms with E-state index in [1.165, 1.54) is 0 Å². The number of carbonyl (C=O) groups is 1. The molecular weight excluding hydrogens is 317 g/mol. The Hall–Kier alpha value is -0.620. The molecule has 0 radical (unpaired) electrons. The second-order valence-corrected chi connectivity index (χ2v) is 4.91. The normalized spacial score (nSPS) is 12.2. The zero-order valence-electron chi connectivity index (χ0n) is 9.24. The summed E-state index contributed by atoms with van der Waals surface area (Å²) >= 11 is 2.16. The van der Waals surface area contributed by atoms with Gasteiger partial charge in [-0.05, 0) is 47.2 Å². The van der Waals surface area contributed by atoms with E-state index in [2.05, 4.69) is 27.9 Å². The lowest BCUT2D eigenvalue weighted by molar-refractivity contribution is 0.0910. The van der Waals surface area contributed by atoms with Crippen LogP contribution in [0.15, 0.2) is 24.3 Å². The number of nitrogens with one attached hydrogen (secondary N) is 1. The van der Waals surface area contributed by atoms with Crippen LogP contribution in [0.5, 0.6) is 0 Å². The molecule has 0 spiro atoms. The van der Waals surface area contributed by atoms with Crippen LogP contribution in [-0.2, 0) is 0 Å². The molecule has 16 heavy (non-hydrogen) atoms. The van der Waals surface area contributed by atoms with Crippen LogP contribution in [0.4, 0.5) is 0 Å². The monoisotopic (exact) mass is 333 g/mol. The SMILES string of the molecule is CCCC(O)CNC(=O)c1cccc(I)c1. The molecule has 0 saturated heterocycles. The van der Waals surface area contributed by atoms with Gasteiger partial charge in [-0.1, -0.05) is 19.4 Å². The molecule has 0 heterocycles. The Bertz CT molecular complexity index is 355. The van der Waals surface area contributed by atoms with E-state index in [0.717, 1.165) is 9.99 Å². The smallest absolute Gasteiger partial charge is 0.251 e. The molecule has 0 bridgehead atoms. The summed E-state index contributed by atoms with van der Waals surface area (Å²) in [5.74, 6) is -0.131. The Morgan fingerprint density at radius 1 is 1.56 bits per heavy atom. The Kier molecular flexibility index (Phi) is 5.76. The maximum Gasteiger partial charge on any atom is 0.251 e. The number of benzene rings is 1. The van der Waals surface area contributed by atoms with Gasteiger partial charge in [0, 0.05) is 15.7 Å². The molecule has 0 aliphatic rings. The number of amides is 1. The maximum absolute atomic E-state index is 11.7. The zero-order chi connectivity index (χ0) is 12.0. The molecule has 1 rings (SSSR count). The lowest BCUT2D eigenvalue weighted by Gasteiger charge is -2.10. The minimum atomic E-state index is -0.447. The number of carbonyl (C=O) groups excluding carboxylic acids is 1. The van der Waals surface area contributed by atoms with E-state index < -0.39 is 6.10 Å². The lowest BCUT2D eigenvalue weighted by atomic mass is 10.2. The summed E-state index contributed by atoms with van der Waals surface area (Å²) in [4.78, 5) is 11.7. The molecule has 0 fully saturated rings. The van der Waals surface area contributed by atoms with Gasteiger partial charge in [0.05, 0.1) is 6.10 Å². The third-order valence-corrected chi connectivity index (χ3v) is 2.88. The predicted octanol–water partition coefficient (Wildman–Crippen LogP) is 2.18. The summed E-state index contributed by atoms with van der Waals surface area (Å²) < 4.78 is 1.03. The number of rotatable bonds is 5. The summed E-state index contributed by atoms with van der Waals surface area (Å²) in [5, 5.41) is 12.2. The highest BCUT2D eigenvalue weighted by atomic mass is 127. The molecule has 88 valence electrons. The molecule has 0 aliphatic heterocycles. The van der Waals surface area contributed by atoms with Crippen molar-refractivity contribution in [2.75, 3.05) is 6.54 Å². The van der Waals surface area contributed by atoms with Crippen LogP contribution in [0.25, 0.3) is 0 Å². The van der Waals surface area contributed by atoms with E-state index in [0.29, 0.717) is 18.5 Å². The highest BCUT2D eigenvalue weighted by Gasteiger charge is 2.08. The summed E-state index contributed by atoms with van der Waals surface area (Å²) in [6.45, 7) is 2.32. The third kappa shape index (κ3) is 4.49. The molecule has 1 atom stereocenters. The van der Waals surface area contributed by atoms with Gasteiger partial charge in [0.25, 0.3) is 5.91 Å². The van der Waals surface area contributed by atoms with Gasteiger partial charge < -0.3 is 10.4 Å².